The van der Waals surface area contributed by atoms with E-state index < -0.39 is 28.4 Å². The smallest absolute Gasteiger partial charge is 0.338 e. The maximum atomic E-state index is 12.6. The molecule has 0 bridgehead atoms. The van der Waals surface area contributed by atoms with Crippen molar-refractivity contribution in [2.24, 2.45) is 5.92 Å². The minimum atomic E-state index is -0.766. The van der Waals surface area contributed by atoms with E-state index in [1.165, 1.54) is 42.5 Å². The fourth-order valence-electron chi connectivity index (χ4n) is 2.73. The number of amides is 2. The molecule has 1 aliphatic heterocycles. The van der Waals surface area contributed by atoms with Crippen molar-refractivity contribution < 1.29 is 24.0 Å². The minimum Gasteiger partial charge on any atom is -0.462 e. The summed E-state index contributed by atoms with van der Waals surface area (Å²) < 4.78 is 5.13. The predicted molar refractivity (Wildman–Crippen MR) is 95.8 cm³/mol. The Morgan fingerprint density at radius 2 is 1.78 bits per heavy atom. The number of carbonyl (C=O) groups excluding carboxylic acids is 3. The van der Waals surface area contributed by atoms with Crippen LogP contribution in [0.5, 0.6) is 0 Å². The second kappa shape index (κ2) is 6.99. The molecule has 0 radical (unpaired) electrons. The molecule has 2 aromatic rings. The van der Waals surface area contributed by atoms with Gasteiger partial charge in [-0.05, 0) is 36.2 Å². The van der Waals surface area contributed by atoms with Gasteiger partial charge in [0.25, 0.3) is 17.5 Å². The zero-order valence-corrected chi connectivity index (χ0v) is 14.7. The highest BCUT2D eigenvalue weighted by molar-refractivity contribution is 6.35. The molecular weight excluding hydrogens is 352 g/mol. The molecule has 138 valence electrons. The van der Waals surface area contributed by atoms with Gasteiger partial charge >= 0.3 is 5.97 Å². The van der Waals surface area contributed by atoms with Crippen LogP contribution in [0.15, 0.2) is 42.5 Å². The fourth-order valence-corrected chi connectivity index (χ4v) is 2.73. The number of nitrogens with zero attached hydrogens (tertiary/aromatic N) is 2. The van der Waals surface area contributed by atoms with E-state index in [4.69, 9.17) is 4.74 Å². The predicted octanol–water partition coefficient (Wildman–Crippen LogP) is 3.21. The Bertz CT molecular complexity index is 949. The van der Waals surface area contributed by atoms with Crippen molar-refractivity contribution in [1.29, 1.82) is 0 Å². The zero-order chi connectivity index (χ0) is 19.7. The van der Waals surface area contributed by atoms with Gasteiger partial charge in [-0.15, -0.1) is 0 Å². The first kappa shape index (κ1) is 18.2. The molecule has 0 fully saturated rings. The summed E-state index contributed by atoms with van der Waals surface area (Å²) in [4.78, 5) is 48.5. The molecule has 8 heteroatoms. The highest BCUT2D eigenvalue weighted by Gasteiger charge is 2.41. The molecule has 8 nitrogen and oxygen atoms in total. The standard InChI is InChI=1S/C19H16N2O6/c1-11(2)10-27-19(24)12-6-8-13(9-7-12)20-17(22)14-4-3-5-15(21(25)26)16(14)18(20)23/h3-9,11H,10H2,1-2H3. The highest BCUT2D eigenvalue weighted by atomic mass is 16.6. The molecule has 2 amide bonds. The van der Waals surface area contributed by atoms with Crippen molar-refractivity contribution in [1.82, 2.24) is 0 Å². The number of imide groups is 1. The summed E-state index contributed by atoms with van der Waals surface area (Å²) in [6.07, 6.45) is 0. The van der Waals surface area contributed by atoms with Crippen molar-refractivity contribution >= 4 is 29.2 Å². The molecule has 0 N–H and O–H groups in total. The molecule has 0 atom stereocenters. The normalized spacial score (nSPS) is 13.1. The number of hydrogen-bond donors (Lipinski definition) is 0. The molecule has 0 aliphatic carbocycles. The largest absolute Gasteiger partial charge is 0.462 e. The van der Waals surface area contributed by atoms with Gasteiger partial charge in [-0.25, -0.2) is 9.69 Å². The molecule has 2 aromatic carbocycles. The molecule has 3 rings (SSSR count). The topological polar surface area (TPSA) is 107 Å². The number of nitro benzene ring substituents is 1. The molecule has 0 spiro atoms. The van der Waals surface area contributed by atoms with E-state index in [0.29, 0.717) is 0 Å². The van der Waals surface area contributed by atoms with Gasteiger partial charge in [-0.1, -0.05) is 19.9 Å². The lowest BCUT2D eigenvalue weighted by atomic mass is 10.1. The van der Waals surface area contributed by atoms with Crippen LogP contribution >= 0.6 is 0 Å². The minimum absolute atomic E-state index is 0.0189. The van der Waals surface area contributed by atoms with Crippen LogP contribution in [-0.2, 0) is 4.74 Å². The summed E-state index contributed by atoms with van der Waals surface area (Å²) in [5, 5.41) is 11.2. The maximum Gasteiger partial charge on any atom is 0.338 e. The van der Waals surface area contributed by atoms with Gasteiger partial charge in [0.15, 0.2) is 0 Å². The molecule has 1 heterocycles. The number of fused-ring (bicyclic) bond motifs is 1. The monoisotopic (exact) mass is 368 g/mol. The third kappa shape index (κ3) is 3.29. The molecule has 1 aliphatic rings. The number of esters is 1. The number of ether oxygens (including phenoxy) is 1. The van der Waals surface area contributed by atoms with Gasteiger partial charge in [0.2, 0.25) is 0 Å². The van der Waals surface area contributed by atoms with Gasteiger partial charge in [-0.2, -0.15) is 0 Å². The summed E-state index contributed by atoms with van der Waals surface area (Å²) in [6.45, 7) is 4.11. The van der Waals surface area contributed by atoms with E-state index in [-0.39, 0.29) is 34.9 Å². The van der Waals surface area contributed by atoms with Gasteiger partial charge in [0, 0.05) is 6.07 Å². The van der Waals surface area contributed by atoms with E-state index in [2.05, 4.69) is 0 Å². The van der Waals surface area contributed by atoms with Crippen molar-refractivity contribution in [2.45, 2.75) is 13.8 Å². The van der Waals surface area contributed by atoms with E-state index >= 15 is 0 Å². The van der Waals surface area contributed by atoms with Crippen LogP contribution in [-0.4, -0.2) is 29.3 Å². The lowest BCUT2D eigenvalue weighted by Crippen LogP contribution is -2.29. The molecule has 0 aromatic heterocycles. The Morgan fingerprint density at radius 1 is 1.11 bits per heavy atom. The Kier molecular flexibility index (Phi) is 4.72. The third-order valence-electron chi connectivity index (χ3n) is 4.00. The summed E-state index contributed by atoms with van der Waals surface area (Å²) in [6, 6.07) is 9.66. The van der Waals surface area contributed by atoms with Crippen molar-refractivity contribution in [3.63, 3.8) is 0 Å². The average Bonchev–Trinajstić information content (AvgIpc) is 2.90. The maximum absolute atomic E-state index is 12.6. The number of anilines is 1. The Hall–Kier alpha value is -3.55. The molecule has 27 heavy (non-hydrogen) atoms. The zero-order valence-electron chi connectivity index (χ0n) is 14.7. The molecule has 0 saturated heterocycles. The number of hydrogen-bond acceptors (Lipinski definition) is 6. The van der Waals surface area contributed by atoms with Gasteiger partial charge < -0.3 is 4.74 Å². The van der Waals surface area contributed by atoms with E-state index in [0.717, 1.165) is 4.90 Å². The first-order valence-corrected chi connectivity index (χ1v) is 8.24. The SMILES string of the molecule is CC(C)COC(=O)c1ccc(N2C(=O)c3cccc([N+](=O)[O-])c3C2=O)cc1. The van der Waals surface area contributed by atoms with Crippen LogP contribution in [0.3, 0.4) is 0 Å². The fraction of sp³-hybridized carbons (Fsp3) is 0.211. The van der Waals surface area contributed by atoms with E-state index in [1.54, 1.807) is 0 Å². The number of nitro groups is 1. The van der Waals surface area contributed by atoms with Crippen LogP contribution in [0.25, 0.3) is 0 Å². The number of benzene rings is 2. The Balaban J connectivity index is 1.89. The summed E-state index contributed by atoms with van der Waals surface area (Å²) in [5.41, 5.74) is -0.164. The van der Waals surface area contributed by atoms with E-state index in [9.17, 15) is 24.5 Å². The lowest BCUT2D eigenvalue weighted by Gasteiger charge is -2.14. The van der Waals surface area contributed by atoms with Crippen LogP contribution in [0, 0.1) is 16.0 Å². The first-order chi connectivity index (χ1) is 12.8. The first-order valence-electron chi connectivity index (χ1n) is 8.24. The molecule has 0 saturated carbocycles. The second-order valence-corrected chi connectivity index (χ2v) is 6.44. The Morgan fingerprint density at radius 3 is 2.37 bits per heavy atom. The van der Waals surface area contributed by atoms with Gasteiger partial charge in [0.05, 0.1) is 28.3 Å². The summed E-state index contributed by atoms with van der Waals surface area (Å²) in [7, 11) is 0. The number of carbonyl (C=O) groups is 3. The summed E-state index contributed by atoms with van der Waals surface area (Å²) >= 11 is 0. The third-order valence-corrected chi connectivity index (χ3v) is 4.00. The quantitative estimate of drug-likeness (QED) is 0.347. The highest BCUT2D eigenvalue weighted by Crippen LogP contribution is 2.33. The Labute approximate surface area is 154 Å². The van der Waals surface area contributed by atoms with Crippen LogP contribution in [0.4, 0.5) is 11.4 Å². The lowest BCUT2D eigenvalue weighted by molar-refractivity contribution is -0.385. The average molecular weight is 368 g/mol. The van der Waals surface area contributed by atoms with Crippen molar-refractivity contribution in [3.8, 4) is 0 Å². The molecule has 0 unspecified atom stereocenters. The van der Waals surface area contributed by atoms with Gasteiger partial charge in [0.1, 0.15) is 5.56 Å². The second-order valence-electron chi connectivity index (χ2n) is 6.44. The van der Waals surface area contributed by atoms with Gasteiger partial charge in [-0.3, -0.25) is 19.7 Å². The number of rotatable bonds is 5. The van der Waals surface area contributed by atoms with Crippen molar-refractivity contribution in [2.75, 3.05) is 11.5 Å². The van der Waals surface area contributed by atoms with Crippen LogP contribution < -0.4 is 4.90 Å². The van der Waals surface area contributed by atoms with Crippen LogP contribution in [0.1, 0.15) is 44.9 Å². The van der Waals surface area contributed by atoms with Crippen LogP contribution in [0.2, 0.25) is 0 Å². The van der Waals surface area contributed by atoms with Crippen molar-refractivity contribution in [3.05, 3.63) is 69.3 Å². The van der Waals surface area contributed by atoms with E-state index in [1.807, 2.05) is 13.8 Å². The summed E-state index contributed by atoms with van der Waals surface area (Å²) in [5.74, 6) is -1.72. The molecular formula is C19H16N2O6.